The standard InChI is InChI=1S/C56H85N3O11/c1-34-16-11-10-12-18-36(3)45(58-43-19-15-17-35(2)29-43)33-44-24-21-40(7)56(66,70-44)53(63)54(64)59-27-14-13-20-46(59)55(65)69-48(37(4)30-41-22-25-47(60)49(32-41)67-8)26-23-42(57)31-39(6)51(62)52(68-9)50(61)38(5)28-34/h10-12,15-19,29,31,34,37-38,40-42,44-49,51-52,58,60,62,66H,13-14,20-28,30,32-33,57H2,1-9H3/b12-10+,16-11+,36-18+,39-31+/t34-,37-,38?,40?,41?,42+,44+,45-,46?,47-,48+,49?,51?,52+,56?/m1/s1. The number of aryl methyl sites for hydroxylation is 1. The molecule has 390 valence electrons. The van der Waals surface area contributed by atoms with Gasteiger partial charge >= 0.3 is 5.97 Å². The summed E-state index contributed by atoms with van der Waals surface area (Å²) in [6.45, 7) is 13.5. The lowest BCUT2D eigenvalue weighted by Gasteiger charge is -2.43. The van der Waals surface area contributed by atoms with Crippen LogP contribution in [0.3, 0.4) is 0 Å². The van der Waals surface area contributed by atoms with E-state index in [-0.39, 0.29) is 48.6 Å². The van der Waals surface area contributed by atoms with Gasteiger partial charge in [-0.3, -0.25) is 14.4 Å². The maximum Gasteiger partial charge on any atom is 0.329 e. The summed E-state index contributed by atoms with van der Waals surface area (Å²) >= 11 is 0. The van der Waals surface area contributed by atoms with Crippen LogP contribution < -0.4 is 11.1 Å². The zero-order chi connectivity index (χ0) is 51.3. The molecule has 7 unspecified atom stereocenters. The van der Waals surface area contributed by atoms with Crippen LogP contribution in [0.1, 0.15) is 131 Å². The van der Waals surface area contributed by atoms with Gasteiger partial charge in [-0.05, 0) is 145 Å². The van der Waals surface area contributed by atoms with Crippen LogP contribution in [0.25, 0.3) is 0 Å². The minimum atomic E-state index is -2.41. The highest BCUT2D eigenvalue weighted by molar-refractivity contribution is 6.39. The normalized spacial score (nSPS) is 38.2. The average molecular weight is 976 g/mol. The van der Waals surface area contributed by atoms with Crippen molar-refractivity contribution in [3.63, 3.8) is 0 Å². The van der Waals surface area contributed by atoms with E-state index in [0.717, 1.165) is 23.2 Å². The molecule has 70 heavy (non-hydrogen) atoms. The van der Waals surface area contributed by atoms with Gasteiger partial charge in [0, 0.05) is 50.4 Å². The van der Waals surface area contributed by atoms with Crippen LogP contribution in [-0.4, -0.2) is 125 Å². The summed E-state index contributed by atoms with van der Waals surface area (Å²) < 4.78 is 24.0. The summed E-state index contributed by atoms with van der Waals surface area (Å²) in [7, 11) is 3.02. The van der Waals surface area contributed by atoms with Gasteiger partial charge in [0.15, 0.2) is 5.78 Å². The quantitative estimate of drug-likeness (QED) is 0.102. The molecule has 5 rings (SSSR count). The molecule has 0 aromatic heterocycles. The van der Waals surface area contributed by atoms with Gasteiger partial charge in [0.2, 0.25) is 5.79 Å². The van der Waals surface area contributed by atoms with Crippen LogP contribution in [0.5, 0.6) is 0 Å². The second kappa shape index (κ2) is 26.6. The van der Waals surface area contributed by atoms with E-state index in [2.05, 4.69) is 5.32 Å². The Morgan fingerprint density at radius 2 is 1.64 bits per heavy atom. The van der Waals surface area contributed by atoms with Crippen LogP contribution in [0.2, 0.25) is 0 Å². The van der Waals surface area contributed by atoms with Crippen molar-refractivity contribution in [2.45, 2.75) is 192 Å². The molecule has 14 nitrogen and oxygen atoms in total. The van der Waals surface area contributed by atoms with Gasteiger partial charge in [0.05, 0.1) is 18.3 Å². The lowest BCUT2D eigenvalue weighted by molar-refractivity contribution is -0.263. The monoisotopic (exact) mass is 976 g/mol. The third-order valence-corrected chi connectivity index (χ3v) is 15.5. The number of hydrogen-bond donors (Lipinski definition) is 5. The molecule has 1 saturated carbocycles. The van der Waals surface area contributed by atoms with Crippen LogP contribution in [0.4, 0.5) is 5.69 Å². The first-order valence-corrected chi connectivity index (χ1v) is 26.0. The molecule has 4 aliphatic rings. The van der Waals surface area contributed by atoms with Crippen molar-refractivity contribution in [3.8, 4) is 0 Å². The molecule has 3 fully saturated rings. The average Bonchev–Trinajstić information content (AvgIpc) is 3.33. The number of amides is 1. The van der Waals surface area contributed by atoms with Crippen molar-refractivity contribution in [1.82, 2.24) is 4.90 Å². The van der Waals surface area contributed by atoms with Gasteiger partial charge in [0.25, 0.3) is 11.7 Å². The third kappa shape index (κ3) is 15.3. The minimum absolute atomic E-state index is 0.0376. The smallest absolute Gasteiger partial charge is 0.329 e. The van der Waals surface area contributed by atoms with Crippen LogP contribution in [0.15, 0.2) is 71.9 Å². The number of cyclic esters (lactones) is 1. The van der Waals surface area contributed by atoms with Gasteiger partial charge < -0.3 is 50.2 Å². The first-order valence-electron chi connectivity index (χ1n) is 26.0. The van der Waals surface area contributed by atoms with Crippen LogP contribution >= 0.6 is 0 Å². The van der Waals surface area contributed by atoms with Crippen molar-refractivity contribution in [3.05, 3.63) is 77.4 Å². The number of nitrogens with zero attached hydrogens (tertiary/aromatic N) is 1. The molecule has 1 amide bonds. The van der Waals surface area contributed by atoms with Crippen molar-refractivity contribution in [2.24, 2.45) is 35.3 Å². The third-order valence-electron chi connectivity index (χ3n) is 15.5. The Bertz CT molecular complexity index is 2040. The number of rotatable bonds is 7. The fraction of sp³-hybridized carbons (Fsp3) is 0.679. The number of hydrogen-bond acceptors (Lipinski definition) is 13. The zero-order valence-corrected chi connectivity index (χ0v) is 43.4. The molecule has 1 aliphatic carbocycles. The maximum atomic E-state index is 14.5. The Labute approximate surface area is 417 Å². The molecule has 2 bridgehead atoms. The number of piperidine rings is 1. The van der Waals surface area contributed by atoms with Crippen molar-refractivity contribution >= 4 is 29.1 Å². The topological polar surface area (TPSA) is 207 Å². The summed E-state index contributed by atoms with van der Waals surface area (Å²) in [5.41, 5.74) is 10.1. The van der Waals surface area contributed by atoms with Crippen molar-refractivity contribution in [2.75, 3.05) is 26.1 Å². The van der Waals surface area contributed by atoms with Crippen LogP contribution in [0, 0.1) is 36.5 Å². The lowest BCUT2D eigenvalue weighted by Crippen LogP contribution is -2.61. The molecule has 6 N–H and O–H groups in total. The number of methoxy groups -OCH3 is 2. The van der Waals surface area contributed by atoms with E-state index in [0.29, 0.717) is 76.2 Å². The zero-order valence-electron chi connectivity index (χ0n) is 43.4. The molecule has 0 spiro atoms. The number of benzene rings is 1. The van der Waals surface area contributed by atoms with E-state index >= 15 is 0 Å². The number of carbonyl (C=O) groups is 4. The van der Waals surface area contributed by atoms with E-state index in [1.165, 1.54) is 12.0 Å². The Morgan fingerprint density at radius 3 is 2.36 bits per heavy atom. The number of allylic oxidation sites excluding steroid dienone is 5. The summed E-state index contributed by atoms with van der Waals surface area (Å²) in [5, 5.41) is 37.8. The van der Waals surface area contributed by atoms with E-state index in [9.17, 15) is 34.5 Å². The number of fused-ring (bicyclic) bond motifs is 3. The van der Waals surface area contributed by atoms with Gasteiger partial charge in [-0.1, -0.05) is 81.9 Å². The largest absolute Gasteiger partial charge is 0.461 e. The number of esters is 1. The van der Waals surface area contributed by atoms with Gasteiger partial charge in [-0.15, -0.1) is 0 Å². The number of nitrogens with two attached hydrogens (primary N) is 1. The number of aliphatic hydroxyl groups excluding tert-OH is 2. The minimum Gasteiger partial charge on any atom is -0.461 e. The molecule has 1 aromatic rings. The summed E-state index contributed by atoms with van der Waals surface area (Å²) in [6.07, 6.45) is 14.0. The number of anilines is 1. The SMILES string of the molecule is COC1CC(C[C@@H](C)[C@@H]2CC[C@H](N)/C=C(\C)C(O)[C@@H](OC)C(=O)C(C)C[C@H](C)/C=C/C=C/C=C(\C)[C@H](Nc3cccc(C)c3)C[C@@H]3CCC(C)C(O)(O3)C(=O)C(=O)N3CCCCC3C(=O)O2)CC[C@H]1O. The second-order valence-corrected chi connectivity index (χ2v) is 21.2. The number of carbonyl (C=O) groups excluding carboxylic acids is 4. The summed E-state index contributed by atoms with van der Waals surface area (Å²) in [5.74, 6) is -6.34. The molecular weight excluding hydrogens is 891 g/mol. The van der Waals surface area contributed by atoms with Gasteiger partial charge in [-0.2, -0.15) is 0 Å². The summed E-state index contributed by atoms with van der Waals surface area (Å²) in [4.78, 5) is 58.4. The first-order chi connectivity index (χ1) is 33.3. The predicted molar refractivity (Wildman–Crippen MR) is 271 cm³/mol. The molecule has 2 saturated heterocycles. The van der Waals surface area contributed by atoms with Crippen LogP contribution in [-0.2, 0) is 38.1 Å². The maximum absolute atomic E-state index is 14.5. The Kier molecular flexibility index (Phi) is 21.6. The Balaban J connectivity index is 1.48. The molecule has 3 heterocycles. The first kappa shape index (κ1) is 56.9. The Morgan fingerprint density at radius 1 is 0.886 bits per heavy atom. The molecule has 1 aromatic carbocycles. The highest BCUT2D eigenvalue weighted by atomic mass is 16.6. The van der Waals surface area contributed by atoms with E-state index < -0.39 is 77.9 Å². The van der Waals surface area contributed by atoms with E-state index in [1.54, 1.807) is 27.0 Å². The Hall–Kier alpha value is -4.02. The fourth-order valence-electron chi connectivity index (χ4n) is 11.0. The highest BCUT2D eigenvalue weighted by Crippen LogP contribution is 2.38. The fourth-order valence-corrected chi connectivity index (χ4v) is 11.0. The number of ketones is 2. The number of Topliss-reactive ketones (excluding diaryl/α,β-unsaturated/α-hetero) is 2. The highest BCUT2D eigenvalue weighted by Gasteiger charge is 2.53. The lowest BCUT2D eigenvalue weighted by atomic mass is 9.78. The van der Waals surface area contributed by atoms with Gasteiger partial charge in [-0.25, -0.2) is 4.79 Å². The van der Waals surface area contributed by atoms with Crippen molar-refractivity contribution in [1.29, 1.82) is 0 Å². The molecular formula is C56H85N3O11. The molecule has 15 atom stereocenters. The number of aliphatic hydroxyl groups is 3. The van der Waals surface area contributed by atoms with E-state index in [1.807, 2.05) is 89.3 Å². The summed E-state index contributed by atoms with van der Waals surface area (Å²) in [6, 6.07) is 6.12. The van der Waals surface area contributed by atoms with Crippen molar-refractivity contribution < 1.29 is 53.4 Å². The molecule has 3 aliphatic heterocycles. The molecule has 0 radical (unpaired) electrons. The second-order valence-electron chi connectivity index (χ2n) is 21.2. The van der Waals surface area contributed by atoms with Gasteiger partial charge in [0.1, 0.15) is 24.4 Å². The number of ether oxygens (including phenoxy) is 4. The number of nitrogens with one attached hydrogen (secondary N) is 1. The van der Waals surface area contributed by atoms with E-state index in [4.69, 9.17) is 24.7 Å². The predicted octanol–water partition coefficient (Wildman–Crippen LogP) is 7.47. The molecule has 14 heteroatoms.